The highest BCUT2D eigenvalue weighted by molar-refractivity contribution is 6.08. The first-order chi connectivity index (χ1) is 13.2. The zero-order valence-corrected chi connectivity index (χ0v) is 15.1. The van der Waals surface area contributed by atoms with Crippen molar-refractivity contribution in [2.45, 2.75) is 6.92 Å². The SMILES string of the molecule is C=[N+]1C=CC=C[C-]1c1c(C)ccc2c1[o+][c-]1ccc(-c3ccccc3)cc21. The molecule has 0 amide bonds. The molecule has 0 unspecified atom stereocenters. The summed E-state index contributed by atoms with van der Waals surface area (Å²) in [6.45, 7) is 6.24. The summed E-state index contributed by atoms with van der Waals surface area (Å²) in [5.74, 6) is 0. The zero-order chi connectivity index (χ0) is 18.4. The first-order valence-electron chi connectivity index (χ1n) is 9.05. The average molecular weight is 349 g/mol. The molecule has 1 aliphatic heterocycles. The molecule has 27 heavy (non-hydrogen) atoms. The molecule has 0 radical (unpaired) electrons. The third-order valence-corrected chi connectivity index (χ3v) is 5.15. The topological polar surface area (TPSA) is 14.3 Å². The Balaban J connectivity index is 1.76. The van der Waals surface area contributed by atoms with Crippen LogP contribution in [0.3, 0.4) is 0 Å². The Morgan fingerprint density at radius 2 is 1.81 bits per heavy atom. The van der Waals surface area contributed by atoms with Crippen LogP contribution < -0.4 is 0 Å². The molecule has 0 saturated carbocycles. The van der Waals surface area contributed by atoms with Crippen molar-refractivity contribution >= 4 is 28.7 Å². The van der Waals surface area contributed by atoms with Gasteiger partial charge in [-0.15, -0.1) is 18.2 Å². The first-order valence-corrected chi connectivity index (χ1v) is 9.05. The quantitative estimate of drug-likeness (QED) is 0.237. The summed E-state index contributed by atoms with van der Waals surface area (Å²) in [4.78, 5) is 0. The molecule has 3 aromatic carbocycles. The molecule has 2 nitrogen and oxygen atoms in total. The minimum atomic E-state index is 0.906. The van der Waals surface area contributed by atoms with Crippen molar-refractivity contribution in [1.29, 1.82) is 0 Å². The van der Waals surface area contributed by atoms with E-state index in [9.17, 15) is 0 Å². The molecule has 0 bridgehead atoms. The smallest absolute Gasteiger partial charge is 0.278 e. The molecule has 2 heteroatoms. The monoisotopic (exact) mass is 349 g/mol. The van der Waals surface area contributed by atoms with Gasteiger partial charge in [0, 0.05) is 0 Å². The molecule has 130 valence electrons. The number of hydrogen-bond donors (Lipinski definition) is 0. The van der Waals surface area contributed by atoms with Crippen LogP contribution in [-0.4, -0.2) is 11.3 Å². The summed E-state index contributed by atoms with van der Waals surface area (Å²) in [7, 11) is 0. The third kappa shape index (κ3) is 2.49. The third-order valence-electron chi connectivity index (χ3n) is 5.15. The van der Waals surface area contributed by atoms with Gasteiger partial charge in [-0.2, -0.15) is 0 Å². The lowest BCUT2D eigenvalue weighted by Crippen LogP contribution is -2.14. The van der Waals surface area contributed by atoms with Crippen molar-refractivity contribution in [3.63, 3.8) is 0 Å². The lowest BCUT2D eigenvalue weighted by molar-refractivity contribution is -0.417. The fourth-order valence-corrected chi connectivity index (χ4v) is 3.77. The fourth-order valence-electron chi connectivity index (χ4n) is 3.77. The Labute approximate surface area is 158 Å². The van der Waals surface area contributed by atoms with E-state index in [0.717, 1.165) is 33.5 Å². The Morgan fingerprint density at radius 1 is 0.963 bits per heavy atom. The number of fused-ring (bicyclic) bond motifs is 3. The lowest BCUT2D eigenvalue weighted by atomic mass is 9.96. The van der Waals surface area contributed by atoms with Crippen LogP contribution in [0.1, 0.15) is 11.1 Å². The minimum absolute atomic E-state index is 0.906. The average Bonchev–Trinajstić information content (AvgIpc) is 3.07. The van der Waals surface area contributed by atoms with E-state index >= 15 is 0 Å². The van der Waals surface area contributed by atoms with Gasteiger partial charge in [0.25, 0.3) is 11.2 Å². The van der Waals surface area contributed by atoms with Crippen LogP contribution in [0.2, 0.25) is 0 Å². The Bertz CT molecular complexity index is 1240. The number of allylic oxidation sites excluding steroid dienone is 2. The van der Waals surface area contributed by atoms with E-state index in [0.29, 0.717) is 0 Å². The predicted octanol–water partition coefficient (Wildman–Crippen LogP) is 6.24. The fraction of sp³-hybridized carbons (Fsp3) is 0.0400. The van der Waals surface area contributed by atoms with E-state index in [1.54, 1.807) is 0 Å². The van der Waals surface area contributed by atoms with E-state index in [4.69, 9.17) is 4.42 Å². The normalized spacial score (nSPS) is 13.8. The number of furan rings is 1. The van der Waals surface area contributed by atoms with Gasteiger partial charge in [-0.25, -0.2) is 0 Å². The summed E-state index contributed by atoms with van der Waals surface area (Å²) in [6.07, 6.45) is 8.06. The van der Waals surface area contributed by atoms with Gasteiger partial charge in [0.2, 0.25) is 0 Å². The molecular formula is C25H19NO. The molecule has 0 atom stereocenters. The van der Waals surface area contributed by atoms with E-state index in [1.165, 1.54) is 16.7 Å². The highest BCUT2D eigenvalue weighted by Crippen LogP contribution is 2.38. The Morgan fingerprint density at radius 3 is 2.63 bits per heavy atom. The van der Waals surface area contributed by atoms with Gasteiger partial charge in [-0.1, -0.05) is 66.6 Å². The summed E-state index contributed by atoms with van der Waals surface area (Å²) in [5, 5.41) is 2.27. The van der Waals surface area contributed by atoms with Gasteiger partial charge in [0.1, 0.15) is 6.20 Å². The van der Waals surface area contributed by atoms with Gasteiger partial charge < -0.3 is 0 Å². The molecule has 0 saturated heterocycles. The van der Waals surface area contributed by atoms with Crippen LogP contribution in [0, 0.1) is 13.0 Å². The molecule has 5 rings (SSSR count). The summed E-state index contributed by atoms with van der Waals surface area (Å²) >= 11 is 0. The molecule has 0 fully saturated rings. The minimum Gasteiger partial charge on any atom is -0.286 e. The van der Waals surface area contributed by atoms with Gasteiger partial charge in [0.15, 0.2) is 6.04 Å². The van der Waals surface area contributed by atoms with Crippen LogP contribution in [-0.2, 0) is 0 Å². The van der Waals surface area contributed by atoms with Crippen molar-refractivity contribution in [1.82, 2.24) is 0 Å². The maximum absolute atomic E-state index is 6.32. The number of hydrogen-bond acceptors (Lipinski definition) is 0. The van der Waals surface area contributed by atoms with Crippen LogP contribution in [0.15, 0.2) is 89.5 Å². The van der Waals surface area contributed by atoms with E-state index < -0.39 is 0 Å². The Hall–Kier alpha value is -3.52. The summed E-state index contributed by atoms with van der Waals surface area (Å²) in [5.41, 5.74) is 6.50. The second kappa shape index (κ2) is 6.03. The van der Waals surface area contributed by atoms with E-state index in [1.807, 2.05) is 29.0 Å². The highest BCUT2D eigenvalue weighted by atomic mass is 16.3. The standard InChI is InChI=1S/C25H19NO/c1-17-11-13-20-21-16-19(18-8-4-3-5-9-18)12-14-23(21)27-25(20)24(17)22-10-6-7-15-26(22)2/h3-16H,2H2,1H3. The summed E-state index contributed by atoms with van der Waals surface area (Å²) < 4.78 is 8.22. The maximum Gasteiger partial charge on any atom is 0.278 e. The Kier molecular flexibility index (Phi) is 3.51. The molecule has 0 N–H and O–H groups in total. The van der Waals surface area contributed by atoms with Crippen LogP contribution >= 0.6 is 0 Å². The van der Waals surface area contributed by atoms with Crippen LogP contribution in [0.25, 0.3) is 33.1 Å². The van der Waals surface area contributed by atoms with Crippen molar-refractivity contribution < 1.29 is 8.99 Å². The molecule has 2 heterocycles. The van der Waals surface area contributed by atoms with E-state index in [-0.39, 0.29) is 0 Å². The number of nitrogens with zero attached hydrogens (tertiary/aromatic N) is 1. The largest absolute Gasteiger partial charge is 0.286 e. The highest BCUT2D eigenvalue weighted by Gasteiger charge is 2.25. The van der Waals surface area contributed by atoms with E-state index in [2.05, 4.69) is 74.3 Å². The van der Waals surface area contributed by atoms with Gasteiger partial charge in [0.05, 0.1) is 12.3 Å². The number of rotatable bonds is 2. The zero-order valence-electron chi connectivity index (χ0n) is 15.1. The predicted molar refractivity (Wildman–Crippen MR) is 112 cm³/mol. The van der Waals surface area contributed by atoms with Gasteiger partial charge in [-0.05, 0) is 28.5 Å². The summed E-state index contributed by atoms with van der Waals surface area (Å²) in [6, 6.07) is 22.2. The van der Waals surface area contributed by atoms with Crippen LogP contribution in [0.4, 0.5) is 0 Å². The molecule has 4 aromatic rings. The first kappa shape index (κ1) is 15.7. The maximum atomic E-state index is 6.32. The molecule has 0 spiro atoms. The molecule has 0 aliphatic carbocycles. The van der Waals surface area contributed by atoms with Gasteiger partial charge in [-0.3, -0.25) is 8.99 Å². The molecule has 1 aromatic heterocycles. The number of aryl methyl sites for hydroxylation is 1. The molecule has 1 aliphatic rings. The number of benzene rings is 3. The second-order valence-electron chi connectivity index (χ2n) is 6.87. The van der Waals surface area contributed by atoms with Gasteiger partial charge >= 0.3 is 0 Å². The van der Waals surface area contributed by atoms with Crippen molar-refractivity contribution in [2.75, 3.05) is 0 Å². The van der Waals surface area contributed by atoms with Crippen molar-refractivity contribution in [3.05, 3.63) is 102 Å². The van der Waals surface area contributed by atoms with Crippen molar-refractivity contribution in [2.24, 2.45) is 0 Å². The van der Waals surface area contributed by atoms with Crippen LogP contribution in [0.5, 0.6) is 0 Å². The van der Waals surface area contributed by atoms with Crippen molar-refractivity contribution in [3.8, 4) is 11.1 Å². The molecular weight excluding hydrogens is 330 g/mol. The lowest BCUT2D eigenvalue weighted by Gasteiger charge is -2.16. The second-order valence-corrected chi connectivity index (χ2v) is 6.87.